The van der Waals surface area contributed by atoms with Crippen molar-refractivity contribution < 1.29 is 0 Å². The van der Waals surface area contributed by atoms with E-state index in [1.165, 1.54) is 11.3 Å². The van der Waals surface area contributed by atoms with Gasteiger partial charge in [0.05, 0.1) is 27.6 Å². The summed E-state index contributed by atoms with van der Waals surface area (Å²) < 4.78 is 3.04. The summed E-state index contributed by atoms with van der Waals surface area (Å²) in [7, 11) is 1.99. The Morgan fingerprint density at radius 3 is 2.70 bits per heavy atom. The fourth-order valence-electron chi connectivity index (χ4n) is 2.47. The first-order valence-electron chi connectivity index (χ1n) is 6.87. The number of rotatable bonds is 5. The Kier molecular flexibility index (Phi) is 4.94. The highest BCUT2D eigenvalue weighted by Gasteiger charge is 2.19. The third-order valence-corrected chi connectivity index (χ3v) is 4.52. The first kappa shape index (κ1) is 15.2. The first-order valence-corrected chi connectivity index (χ1v) is 7.66. The summed E-state index contributed by atoms with van der Waals surface area (Å²) in [6.07, 6.45) is 2.72. The molecule has 1 atom stereocenters. The van der Waals surface area contributed by atoms with E-state index in [0.29, 0.717) is 0 Å². The minimum absolute atomic E-state index is 0.201. The predicted molar refractivity (Wildman–Crippen MR) is 84.7 cm³/mol. The van der Waals surface area contributed by atoms with Crippen molar-refractivity contribution in [1.82, 2.24) is 20.1 Å². The molecule has 0 aliphatic rings. The van der Waals surface area contributed by atoms with E-state index in [1.54, 1.807) is 0 Å². The number of aryl methyl sites for hydroxylation is 3. The van der Waals surface area contributed by atoms with Gasteiger partial charge in [0, 0.05) is 19.7 Å². The molecule has 0 saturated heterocycles. The lowest BCUT2D eigenvalue weighted by atomic mass is 10.0. The zero-order valence-corrected chi connectivity index (χ0v) is 14.0. The monoisotopic (exact) mass is 336 g/mol. The molecule has 4 nitrogen and oxygen atoms in total. The molecular formula is C15H21BrN4. The van der Waals surface area contributed by atoms with E-state index < -0.39 is 0 Å². The molecule has 2 aromatic rings. The third-order valence-electron chi connectivity index (χ3n) is 3.49. The van der Waals surface area contributed by atoms with Crippen LogP contribution in [0.25, 0.3) is 0 Å². The van der Waals surface area contributed by atoms with Crippen molar-refractivity contribution in [2.45, 2.75) is 33.2 Å². The molecule has 0 aliphatic heterocycles. The molecule has 0 fully saturated rings. The minimum Gasteiger partial charge on any atom is -0.309 e. The molecule has 20 heavy (non-hydrogen) atoms. The van der Waals surface area contributed by atoms with Crippen molar-refractivity contribution >= 4 is 15.9 Å². The van der Waals surface area contributed by atoms with Crippen molar-refractivity contribution in [3.63, 3.8) is 0 Å². The van der Waals surface area contributed by atoms with Crippen LogP contribution in [0.15, 0.2) is 22.8 Å². The molecule has 5 heteroatoms. The Bertz CT molecular complexity index is 592. The van der Waals surface area contributed by atoms with Crippen LogP contribution in [0.4, 0.5) is 0 Å². The number of hydrogen-bond acceptors (Lipinski definition) is 3. The fourth-order valence-corrected chi connectivity index (χ4v) is 2.97. The SMILES string of the molecule is CCNC(Cc1c(Br)c(C)nn1C)c1ncccc1C. The van der Waals surface area contributed by atoms with Crippen LogP contribution in [0.3, 0.4) is 0 Å². The number of pyridine rings is 1. The number of likely N-dealkylation sites (N-methyl/N-ethyl adjacent to an activating group) is 1. The quantitative estimate of drug-likeness (QED) is 0.912. The zero-order chi connectivity index (χ0) is 14.7. The van der Waals surface area contributed by atoms with E-state index in [0.717, 1.165) is 28.8 Å². The summed E-state index contributed by atoms with van der Waals surface area (Å²) >= 11 is 3.64. The summed E-state index contributed by atoms with van der Waals surface area (Å²) in [5.41, 5.74) is 4.54. The highest BCUT2D eigenvalue weighted by Crippen LogP contribution is 2.26. The van der Waals surface area contributed by atoms with Gasteiger partial charge < -0.3 is 5.32 Å². The van der Waals surface area contributed by atoms with Crippen molar-refractivity contribution in [2.24, 2.45) is 7.05 Å². The summed E-state index contributed by atoms with van der Waals surface area (Å²) in [5, 5.41) is 7.99. The number of aromatic nitrogens is 3. The lowest BCUT2D eigenvalue weighted by Crippen LogP contribution is -2.25. The summed E-state index contributed by atoms with van der Waals surface area (Å²) in [4.78, 5) is 4.55. The lowest BCUT2D eigenvalue weighted by molar-refractivity contribution is 0.514. The van der Waals surface area contributed by atoms with Crippen molar-refractivity contribution in [1.29, 1.82) is 0 Å². The van der Waals surface area contributed by atoms with Gasteiger partial charge in [0.25, 0.3) is 0 Å². The van der Waals surface area contributed by atoms with E-state index in [2.05, 4.69) is 51.2 Å². The molecule has 0 spiro atoms. The van der Waals surface area contributed by atoms with Gasteiger partial charge in [-0.2, -0.15) is 5.10 Å². The molecule has 1 unspecified atom stereocenters. The van der Waals surface area contributed by atoms with Crippen LogP contribution in [0, 0.1) is 13.8 Å². The second kappa shape index (κ2) is 6.50. The van der Waals surface area contributed by atoms with Crippen LogP contribution in [0.1, 0.15) is 35.6 Å². The maximum absolute atomic E-state index is 4.55. The van der Waals surface area contributed by atoms with Crippen molar-refractivity contribution in [3.8, 4) is 0 Å². The van der Waals surface area contributed by atoms with Crippen molar-refractivity contribution in [2.75, 3.05) is 6.54 Å². The Morgan fingerprint density at radius 1 is 1.40 bits per heavy atom. The van der Waals surface area contributed by atoms with Crippen molar-refractivity contribution in [3.05, 3.63) is 45.4 Å². The molecule has 0 radical (unpaired) electrons. The smallest absolute Gasteiger partial charge is 0.0738 e. The number of halogens is 1. The van der Waals surface area contributed by atoms with E-state index in [1.807, 2.05) is 30.9 Å². The Hall–Kier alpha value is -1.20. The van der Waals surface area contributed by atoms with Gasteiger partial charge in [0.1, 0.15) is 0 Å². The first-order chi connectivity index (χ1) is 9.54. The Labute approximate surface area is 128 Å². The number of nitrogens with zero attached hydrogens (tertiary/aromatic N) is 3. The van der Waals surface area contributed by atoms with E-state index in [9.17, 15) is 0 Å². The maximum atomic E-state index is 4.55. The predicted octanol–water partition coefficient (Wildman–Crippen LogP) is 3.09. The second-order valence-corrected chi connectivity index (χ2v) is 5.78. The molecule has 1 N–H and O–H groups in total. The topological polar surface area (TPSA) is 42.7 Å². The van der Waals surface area contributed by atoms with Gasteiger partial charge in [-0.1, -0.05) is 13.0 Å². The molecule has 108 valence electrons. The number of nitrogens with one attached hydrogen (secondary N) is 1. The maximum Gasteiger partial charge on any atom is 0.0738 e. The molecule has 2 heterocycles. The van der Waals surface area contributed by atoms with Gasteiger partial charge in [-0.15, -0.1) is 0 Å². The molecular weight excluding hydrogens is 316 g/mol. The van der Waals surface area contributed by atoms with Gasteiger partial charge in [-0.25, -0.2) is 0 Å². The highest BCUT2D eigenvalue weighted by atomic mass is 79.9. The molecule has 0 aromatic carbocycles. The van der Waals surface area contributed by atoms with Crippen LogP contribution >= 0.6 is 15.9 Å². The minimum atomic E-state index is 0.201. The molecule has 0 amide bonds. The van der Waals surface area contributed by atoms with Crippen LogP contribution in [-0.2, 0) is 13.5 Å². The summed E-state index contributed by atoms with van der Waals surface area (Å²) in [6.45, 7) is 7.15. The van der Waals surface area contributed by atoms with Crippen LogP contribution in [0.5, 0.6) is 0 Å². The lowest BCUT2D eigenvalue weighted by Gasteiger charge is -2.19. The van der Waals surface area contributed by atoms with Crippen LogP contribution < -0.4 is 5.32 Å². The Morgan fingerprint density at radius 2 is 2.15 bits per heavy atom. The molecule has 0 aliphatic carbocycles. The van der Waals surface area contributed by atoms with Gasteiger partial charge in [-0.3, -0.25) is 9.67 Å². The molecule has 0 bridgehead atoms. The van der Waals surface area contributed by atoms with Gasteiger partial charge >= 0.3 is 0 Å². The average Bonchev–Trinajstić information content (AvgIpc) is 2.65. The average molecular weight is 337 g/mol. The third kappa shape index (κ3) is 3.10. The van der Waals surface area contributed by atoms with Gasteiger partial charge in [-0.05, 0) is 48.0 Å². The Balaban J connectivity index is 2.33. The van der Waals surface area contributed by atoms with Crippen LogP contribution in [-0.4, -0.2) is 21.3 Å². The molecule has 2 aromatic heterocycles. The standard InChI is InChI=1S/C15H21BrN4/c1-5-17-12(15-10(2)7-6-8-18-15)9-13-14(16)11(3)19-20(13)4/h6-8,12,17H,5,9H2,1-4H3. The van der Waals surface area contributed by atoms with E-state index in [4.69, 9.17) is 0 Å². The zero-order valence-electron chi connectivity index (χ0n) is 12.4. The molecule has 2 rings (SSSR count). The van der Waals surface area contributed by atoms with Crippen LogP contribution in [0.2, 0.25) is 0 Å². The largest absolute Gasteiger partial charge is 0.309 e. The van der Waals surface area contributed by atoms with Gasteiger partial charge in [0.2, 0.25) is 0 Å². The summed E-state index contributed by atoms with van der Waals surface area (Å²) in [6, 6.07) is 4.29. The normalized spacial score (nSPS) is 12.7. The molecule has 0 saturated carbocycles. The summed E-state index contributed by atoms with van der Waals surface area (Å²) in [5.74, 6) is 0. The number of hydrogen-bond donors (Lipinski definition) is 1. The van der Waals surface area contributed by atoms with Gasteiger partial charge in [0.15, 0.2) is 0 Å². The second-order valence-electron chi connectivity index (χ2n) is 4.99. The fraction of sp³-hybridized carbons (Fsp3) is 0.467. The highest BCUT2D eigenvalue weighted by molar-refractivity contribution is 9.10. The van der Waals surface area contributed by atoms with E-state index >= 15 is 0 Å². The van der Waals surface area contributed by atoms with E-state index in [-0.39, 0.29) is 6.04 Å².